The van der Waals surface area contributed by atoms with E-state index in [1.165, 1.54) is 0 Å². The van der Waals surface area contributed by atoms with Crippen LogP contribution in [0.25, 0.3) is 0 Å². The average Bonchev–Trinajstić information content (AvgIpc) is 2.24. The first kappa shape index (κ1) is 16.4. The molecular formula is C13H26N2OS. The molecule has 0 atom stereocenters. The predicted molar refractivity (Wildman–Crippen MR) is 76.9 cm³/mol. The molecule has 0 aliphatic rings. The molecule has 0 bridgehead atoms. The minimum absolute atomic E-state index is 0.127. The van der Waals surface area contributed by atoms with E-state index < -0.39 is 0 Å². The minimum atomic E-state index is 0.127. The lowest BCUT2D eigenvalue weighted by Gasteiger charge is -2.30. The Kier molecular flexibility index (Phi) is 8.13. The van der Waals surface area contributed by atoms with E-state index in [1.807, 2.05) is 13.8 Å². The van der Waals surface area contributed by atoms with Crippen LogP contribution >= 0.6 is 12.2 Å². The zero-order valence-electron chi connectivity index (χ0n) is 11.5. The van der Waals surface area contributed by atoms with E-state index in [-0.39, 0.29) is 17.9 Å². The van der Waals surface area contributed by atoms with Crippen molar-refractivity contribution in [2.45, 2.75) is 59.4 Å². The molecule has 0 rings (SSSR count). The van der Waals surface area contributed by atoms with E-state index in [0.29, 0.717) is 11.5 Å². The number of carbonyl (C=O) groups is 1. The zero-order valence-corrected chi connectivity index (χ0v) is 12.3. The van der Waals surface area contributed by atoms with Gasteiger partial charge in [-0.25, -0.2) is 0 Å². The lowest BCUT2D eigenvalue weighted by atomic mass is 9.96. The van der Waals surface area contributed by atoms with Gasteiger partial charge in [0.05, 0.1) is 11.5 Å². The molecule has 0 unspecified atom stereocenters. The summed E-state index contributed by atoms with van der Waals surface area (Å²) in [5, 5.41) is 0. The second kappa shape index (κ2) is 8.45. The van der Waals surface area contributed by atoms with Crippen molar-refractivity contribution in [2.75, 3.05) is 6.54 Å². The van der Waals surface area contributed by atoms with E-state index in [0.717, 1.165) is 25.7 Å². The van der Waals surface area contributed by atoms with Gasteiger partial charge < -0.3 is 10.6 Å². The molecule has 0 radical (unpaired) electrons. The Morgan fingerprint density at radius 2 is 1.71 bits per heavy atom. The lowest BCUT2D eigenvalue weighted by Crippen LogP contribution is -2.45. The summed E-state index contributed by atoms with van der Waals surface area (Å²) in [6.07, 6.45) is 3.98. The molecule has 100 valence electrons. The maximum absolute atomic E-state index is 12.4. The van der Waals surface area contributed by atoms with Crippen molar-refractivity contribution in [1.29, 1.82) is 0 Å². The van der Waals surface area contributed by atoms with Crippen molar-refractivity contribution < 1.29 is 4.79 Å². The fourth-order valence-electron chi connectivity index (χ4n) is 2.01. The van der Waals surface area contributed by atoms with Gasteiger partial charge in [-0.2, -0.15) is 0 Å². The molecule has 0 fully saturated rings. The smallest absolute Gasteiger partial charge is 0.226 e. The third kappa shape index (κ3) is 6.01. The number of hydrogen-bond donors (Lipinski definition) is 1. The van der Waals surface area contributed by atoms with E-state index in [4.69, 9.17) is 18.0 Å². The van der Waals surface area contributed by atoms with Gasteiger partial charge in [0.15, 0.2) is 0 Å². The molecule has 0 spiro atoms. The van der Waals surface area contributed by atoms with Crippen LogP contribution in [0.4, 0.5) is 0 Å². The van der Waals surface area contributed by atoms with Crippen LogP contribution in [0.2, 0.25) is 0 Å². The molecule has 0 aromatic heterocycles. The Morgan fingerprint density at radius 1 is 1.24 bits per heavy atom. The lowest BCUT2D eigenvalue weighted by molar-refractivity contribution is -0.136. The summed E-state index contributed by atoms with van der Waals surface area (Å²) in [4.78, 5) is 14.6. The summed E-state index contributed by atoms with van der Waals surface area (Å²) in [5.74, 6) is 0.332. The van der Waals surface area contributed by atoms with Crippen molar-refractivity contribution >= 4 is 23.1 Å². The number of nitrogens with two attached hydrogens (primary N) is 1. The highest BCUT2D eigenvalue weighted by molar-refractivity contribution is 7.80. The van der Waals surface area contributed by atoms with E-state index in [9.17, 15) is 4.79 Å². The van der Waals surface area contributed by atoms with Crippen molar-refractivity contribution in [3.05, 3.63) is 0 Å². The van der Waals surface area contributed by atoms with Crippen LogP contribution in [0, 0.1) is 5.92 Å². The van der Waals surface area contributed by atoms with Gasteiger partial charge in [-0.05, 0) is 26.7 Å². The molecule has 0 saturated heterocycles. The Hall–Kier alpha value is -0.640. The maximum atomic E-state index is 12.4. The molecule has 3 nitrogen and oxygen atoms in total. The van der Waals surface area contributed by atoms with Gasteiger partial charge in [-0.3, -0.25) is 4.79 Å². The standard InChI is InChI=1S/C13H26N2OS/c1-5-7-11(8-6-2)13(16)15(10(3)4)9-12(14)17/h10-11H,5-9H2,1-4H3,(H2,14,17). The summed E-state index contributed by atoms with van der Waals surface area (Å²) >= 11 is 4.91. The van der Waals surface area contributed by atoms with Crippen molar-refractivity contribution in [3.63, 3.8) is 0 Å². The molecule has 0 heterocycles. The second-order valence-electron chi connectivity index (χ2n) is 4.80. The van der Waals surface area contributed by atoms with Gasteiger partial charge in [0.2, 0.25) is 5.91 Å². The number of amides is 1. The van der Waals surface area contributed by atoms with E-state index in [2.05, 4.69) is 13.8 Å². The summed E-state index contributed by atoms with van der Waals surface area (Å²) in [5.41, 5.74) is 5.55. The number of hydrogen-bond acceptors (Lipinski definition) is 2. The highest BCUT2D eigenvalue weighted by Gasteiger charge is 2.25. The molecule has 0 aliphatic carbocycles. The van der Waals surface area contributed by atoms with Crippen molar-refractivity contribution in [2.24, 2.45) is 11.7 Å². The molecule has 0 aliphatic heterocycles. The van der Waals surface area contributed by atoms with Crippen LogP contribution in [-0.4, -0.2) is 28.4 Å². The summed E-state index contributed by atoms with van der Waals surface area (Å²) in [6, 6.07) is 0.153. The number of thiocarbonyl (C=S) groups is 1. The van der Waals surface area contributed by atoms with Crippen molar-refractivity contribution in [1.82, 2.24) is 4.90 Å². The first-order valence-corrected chi connectivity index (χ1v) is 6.93. The van der Waals surface area contributed by atoms with Crippen molar-refractivity contribution in [3.8, 4) is 0 Å². The third-order valence-corrected chi connectivity index (χ3v) is 2.99. The number of rotatable bonds is 8. The van der Waals surface area contributed by atoms with Gasteiger partial charge in [0.25, 0.3) is 0 Å². The van der Waals surface area contributed by atoms with Crippen LogP contribution in [0.5, 0.6) is 0 Å². The highest BCUT2D eigenvalue weighted by Crippen LogP contribution is 2.18. The fraction of sp³-hybridized carbons (Fsp3) is 0.846. The molecular weight excluding hydrogens is 232 g/mol. The maximum Gasteiger partial charge on any atom is 0.226 e. The summed E-state index contributed by atoms with van der Waals surface area (Å²) < 4.78 is 0. The number of nitrogens with zero attached hydrogens (tertiary/aromatic N) is 1. The first-order valence-electron chi connectivity index (χ1n) is 6.52. The third-order valence-electron chi connectivity index (χ3n) is 2.86. The quantitative estimate of drug-likeness (QED) is 0.681. The molecule has 0 aromatic rings. The highest BCUT2D eigenvalue weighted by atomic mass is 32.1. The molecule has 4 heteroatoms. The Morgan fingerprint density at radius 3 is 2.00 bits per heavy atom. The van der Waals surface area contributed by atoms with Crippen LogP contribution in [0.3, 0.4) is 0 Å². The van der Waals surface area contributed by atoms with Gasteiger partial charge in [0.1, 0.15) is 0 Å². The fourth-order valence-corrected chi connectivity index (χ4v) is 2.14. The van der Waals surface area contributed by atoms with E-state index >= 15 is 0 Å². The number of carbonyl (C=O) groups excluding carboxylic acids is 1. The molecule has 0 aromatic carbocycles. The van der Waals surface area contributed by atoms with E-state index in [1.54, 1.807) is 4.90 Å². The molecule has 2 N–H and O–H groups in total. The molecule has 17 heavy (non-hydrogen) atoms. The largest absolute Gasteiger partial charge is 0.392 e. The van der Waals surface area contributed by atoms with Crippen LogP contribution in [0.1, 0.15) is 53.4 Å². The van der Waals surface area contributed by atoms with Crippen LogP contribution in [-0.2, 0) is 4.79 Å². The van der Waals surface area contributed by atoms with Gasteiger partial charge in [-0.15, -0.1) is 0 Å². The molecule has 0 saturated carbocycles. The zero-order chi connectivity index (χ0) is 13.4. The van der Waals surface area contributed by atoms with Gasteiger partial charge in [-0.1, -0.05) is 38.9 Å². The second-order valence-corrected chi connectivity index (χ2v) is 5.32. The van der Waals surface area contributed by atoms with Gasteiger partial charge in [0, 0.05) is 12.0 Å². The SMILES string of the molecule is CCCC(CCC)C(=O)N(CC(N)=S)C(C)C. The van der Waals surface area contributed by atoms with Crippen LogP contribution < -0.4 is 5.73 Å². The Labute approximate surface area is 111 Å². The van der Waals surface area contributed by atoms with Crippen LogP contribution in [0.15, 0.2) is 0 Å². The summed E-state index contributed by atoms with van der Waals surface area (Å²) in [7, 11) is 0. The minimum Gasteiger partial charge on any atom is -0.392 e. The predicted octanol–water partition coefficient (Wildman–Crippen LogP) is 2.73. The monoisotopic (exact) mass is 258 g/mol. The Bertz CT molecular complexity index is 248. The molecule has 1 amide bonds. The topological polar surface area (TPSA) is 46.3 Å². The van der Waals surface area contributed by atoms with Gasteiger partial charge >= 0.3 is 0 Å². The normalized spacial score (nSPS) is 10.9. The Balaban J connectivity index is 4.70. The average molecular weight is 258 g/mol. The first-order chi connectivity index (χ1) is 7.93. The summed E-state index contributed by atoms with van der Waals surface area (Å²) in [6.45, 7) is 8.64.